The van der Waals surface area contributed by atoms with Crippen LogP contribution in [0.5, 0.6) is 0 Å². The Hall–Kier alpha value is -1.05. The van der Waals surface area contributed by atoms with Gasteiger partial charge in [-0.2, -0.15) is 0 Å². The van der Waals surface area contributed by atoms with Crippen molar-refractivity contribution in [2.45, 2.75) is 5.16 Å². The van der Waals surface area contributed by atoms with Gasteiger partial charge in [0.25, 0.3) is 0 Å². The van der Waals surface area contributed by atoms with Crippen LogP contribution in [0.3, 0.4) is 0 Å². The third kappa shape index (κ3) is 4.67. The molecular formula is C11H20N4O2S. The van der Waals surface area contributed by atoms with Crippen molar-refractivity contribution < 1.29 is 9.47 Å². The normalized spacial score (nSPS) is 10.6. The van der Waals surface area contributed by atoms with Gasteiger partial charge in [-0.1, -0.05) is 11.8 Å². The lowest BCUT2D eigenvalue weighted by atomic mass is 10.4. The minimum absolute atomic E-state index is 0.476. The van der Waals surface area contributed by atoms with E-state index in [-0.39, 0.29) is 0 Å². The summed E-state index contributed by atoms with van der Waals surface area (Å²) in [6.45, 7) is 2.73. The van der Waals surface area contributed by atoms with Gasteiger partial charge in [0.15, 0.2) is 5.16 Å². The van der Waals surface area contributed by atoms with E-state index in [9.17, 15) is 0 Å². The third-order valence-corrected chi connectivity index (χ3v) is 2.90. The first-order chi connectivity index (χ1) is 8.71. The fourth-order valence-corrected chi connectivity index (χ4v) is 1.81. The standard InChI is InChI=1S/C11H20N4O2S/c1-16-6-4-15(5-7-17-2)10-8-9(12)13-11(14-10)18-3/h8H,4-7H2,1-3H3,(H2,12,13,14). The summed E-state index contributed by atoms with van der Waals surface area (Å²) in [5.41, 5.74) is 5.78. The summed E-state index contributed by atoms with van der Waals surface area (Å²) in [6.07, 6.45) is 1.92. The van der Waals surface area contributed by atoms with Crippen molar-refractivity contribution in [2.24, 2.45) is 0 Å². The van der Waals surface area contributed by atoms with Gasteiger partial charge in [0.2, 0.25) is 0 Å². The molecule has 0 aliphatic carbocycles. The number of nitrogens with two attached hydrogens (primary N) is 1. The highest BCUT2D eigenvalue weighted by Gasteiger charge is 2.10. The average Bonchev–Trinajstić information content (AvgIpc) is 2.38. The van der Waals surface area contributed by atoms with Gasteiger partial charge in [0.1, 0.15) is 11.6 Å². The molecule has 1 rings (SSSR count). The lowest BCUT2D eigenvalue weighted by molar-refractivity contribution is 0.190. The Bertz CT molecular complexity index is 357. The van der Waals surface area contributed by atoms with Crippen molar-refractivity contribution in [1.82, 2.24) is 9.97 Å². The summed E-state index contributed by atoms with van der Waals surface area (Å²) in [5, 5.41) is 0.671. The number of hydrogen-bond acceptors (Lipinski definition) is 7. The number of nitrogens with zero attached hydrogens (tertiary/aromatic N) is 3. The maximum absolute atomic E-state index is 5.78. The SMILES string of the molecule is COCCN(CCOC)c1cc(N)nc(SC)n1. The van der Waals surface area contributed by atoms with E-state index < -0.39 is 0 Å². The van der Waals surface area contributed by atoms with Gasteiger partial charge in [-0.05, 0) is 6.26 Å². The maximum Gasteiger partial charge on any atom is 0.191 e. The van der Waals surface area contributed by atoms with Gasteiger partial charge in [0.05, 0.1) is 13.2 Å². The smallest absolute Gasteiger partial charge is 0.191 e. The second kappa shape index (κ2) is 8.12. The number of thioether (sulfide) groups is 1. The van der Waals surface area contributed by atoms with Crippen LogP contribution in [0.15, 0.2) is 11.2 Å². The lowest BCUT2D eigenvalue weighted by Gasteiger charge is -2.23. The molecule has 0 amide bonds. The van der Waals surface area contributed by atoms with Crippen LogP contribution in [-0.4, -0.2) is 56.7 Å². The van der Waals surface area contributed by atoms with E-state index in [4.69, 9.17) is 15.2 Å². The molecule has 0 aromatic carbocycles. The monoisotopic (exact) mass is 272 g/mol. The molecule has 0 aliphatic heterocycles. The number of hydrogen-bond donors (Lipinski definition) is 1. The Morgan fingerprint density at radius 1 is 1.22 bits per heavy atom. The molecule has 0 fully saturated rings. The Kier molecular flexibility index (Phi) is 6.77. The third-order valence-electron chi connectivity index (χ3n) is 2.35. The fourth-order valence-electron chi connectivity index (χ4n) is 1.43. The van der Waals surface area contributed by atoms with Crippen molar-refractivity contribution >= 4 is 23.4 Å². The second-order valence-corrected chi connectivity index (χ2v) is 4.38. The van der Waals surface area contributed by atoms with E-state index in [1.807, 2.05) is 6.26 Å². The number of aromatic nitrogens is 2. The first-order valence-corrected chi connectivity index (χ1v) is 6.85. The fraction of sp³-hybridized carbons (Fsp3) is 0.636. The average molecular weight is 272 g/mol. The zero-order valence-electron chi connectivity index (χ0n) is 11.0. The molecule has 0 bridgehead atoms. The van der Waals surface area contributed by atoms with Gasteiger partial charge < -0.3 is 20.1 Å². The minimum atomic E-state index is 0.476. The zero-order valence-corrected chi connectivity index (χ0v) is 11.9. The van der Waals surface area contributed by atoms with Crippen LogP contribution < -0.4 is 10.6 Å². The summed E-state index contributed by atoms with van der Waals surface area (Å²) < 4.78 is 10.2. The van der Waals surface area contributed by atoms with Crippen molar-refractivity contribution in [3.05, 3.63) is 6.07 Å². The molecule has 0 spiro atoms. The Morgan fingerprint density at radius 2 is 1.83 bits per heavy atom. The van der Waals surface area contributed by atoms with Gasteiger partial charge in [-0.3, -0.25) is 0 Å². The first kappa shape index (κ1) is 15.0. The molecule has 7 heteroatoms. The van der Waals surface area contributed by atoms with Crippen LogP contribution >= 0.6 is 11.8 Å². The molecule has 6 nitrogen and oxygen atoms in total. The van der Waals surface area contributed by atoms with E-state index in [1.54, 1.807) is 20.3 Å². The van der Waals surface area contributed by atoms with E-state index in [2.05, 4.69) is 14.9 Å². The van der Waals surface area contributed by atoms with Crippen LogP contribution in [0.1, 0.15) is 0 Å². The van der Waals surface area contributed by atoms with Crippen LogP contribution in [-0.2, 0) is 9.47 Å². The van der Waals surface area contributed by atoms with E-state index in [0.29, 0.717) is 24.2 Å². The molecule has 0 saturated heterocycles. The number of rotatable bonds is 8. The maximum atomic E-state index is 5.78. The van der Waals surface area contributed by atoms with E-state index in [0.717, 1.165) is 18.9 Å². The quantitative estimate of drug-likeness (QED) is 0.556. The molecular weight excluding hydrogens is 252 g/mol. The van der Waals surface area contributed by atoms with Gasteiger partial charge in [-0.15, -0.1) is 0 Å². The summed E-state index contributed by atoms with van der Waals surface area (Å²) in [4.78, 5) is 10.7. The number of ether oxygens (including phenoxy) is 2. The molecule has 0 atom stereocenters. The Labute approximate surface area is 112 Å². The molecule has 1 heterocycles. The number of methoxy groups -OCH3 is 2. The zero-order chi connectivity index (χ0) is 13.4. The first-order valence-electron chi connectivity index (χ1n) is 5.62. The Morgan fingerprint density at radius 3 is 2.33 bits per heavy atom. The van der Waals surface area contributed by atoms with Crippen LogP contribution in [0.4, 0.5) is 11.6 Å². The lowest BCUT2D eigenvalue weighted by Crippen LogP contribution is -2.31. The highest BCUT2D eigenvalue weighted by Crippen LogP contribution is 2.18. The van der Waals surface area contributed by atoms with Crippen molar-refractivity contribution in [3.63, 3.8) is 0 Å². The van der Waals surface area contributed by atoms with Gasteiger partial charge in [0, 0.05) is 33.4 Å². The molecule has 0 radical (unpaired) electrons. The summed E-state index contributed by atoms with van der Waals surface area (Å²) in [5.74, 6) is 1.28. The highest BCUT2D eigenvalue weighted by atomic mass is 32.2. The molecule has 2 N–H and O–H groups in total. The molecule has 18 heavy (non-hydrogen) atoms. The molecule has 0 aliphatic rings. The minimum Gasteiger partial charge on any atom is -0.383 e. The van der Waals surface area contributed by atoms with Crippen molar-refractivity contribution in [2.75, 3.05) is 57.4 Å². The van der Waals surface area contributed by atoms with Crippen LogP contribution in [0.25, 0.3) is 0 Å². The van der Waals surface area contributed by atoms with Crippen LogP contribution in [0.2, 0.25) is 0 Å². The number of nitrogen functional groups attached to an aromatic ring is 1. The van der Waals surface area contributed by atoms with Gasteiger partial charge in [-0.25, -0.2) is 9.97 Å². The molecule has 0 unspecified atom stereocenters. The highest BCUT2D eigenvalue weighted by molar-refractivity contribution is 7.98. The van der Waals surface area contributed by atoms with E-state index >= 15 is 0 Å². The van der Waals surface area contributed by atoms with E-state index in [1.165, 1.54) is 11.8 Å². The molecule has 1 aromatic rings. The van der Waals surface area contributed by atoms with Crippen molar-refractivity contribution in [1.29, 1.82) is 0 Å². The predicted molar refractivity (Wildman–Crippen MR) is 74.2 cm³/mol. The second-order valence-electron chi connectivity index (χ2n) is 3.61. The largest absolute Gasteiger partial charge is 0.383 e. The Balaban J connectivity index is 2.84. The topological polar surface area (TPSA) is 73.5 Å². The van der Waals surface area contributed by atoms with Crippen LogP contribution in [0, 0.1) is 0 Å². The van der Waals surface area contributed by atoms with Gasteiger partial charge >= 0.3 is 0 Å². The predicted octanol–water partition coefficient (Wildman–Crippen LogP) is 0.880. The molecule has 0 saturated carbocycles. The van der Waals surface area contributed by atoms with Crippen molar-refractivity contribution in [3.8, 4) is 0 Å². The number of anilines is 2. The molecule has 1 aromatic heterocycles. The summed E-state index contributed by atoms with van der Waals surface area (Å²) >= 11 is 1.47. The summed E-state index contributed by atoms with van der Waals surface area (Å²) in [7, 11) is 3.35. The molecule has 102 valence electrons. The summed E-state index contributed by atoms with van der Waals surface area (Å²) in [6, 6.07) is 1.77.